The van der Waals surface area contributed by atoms with Gasteiger partial charge in [-0.3, -0.25) is 0 Å². The van der Waals surface area contributed by atoms with E-state index in [0.29, 0.717) is 11.4 Å². The third kappa shape index (κ3) is 6.21. The Kier molecular flexibility index (Phi) is 7.63. The molecule has 180 valence electrons. The summed E-state index contributed by atoms with van der Waals surface area (Å²) < 4.78 is 28.1. The van der Waals surface area contributed by atoms with Gasteiger partial charge in [-0.05, 0) is 63.3 Å². The number of nitrogens with zero attached hydrogens (tertiary/aromatic N) is 2. The zero-order valence-corrected chi connectivity index (χ0v) is 21.1. The van der Waals surface area contributed by atoms with E-state index in [4.69, 9.17) is 0 Å². The lowest BCUT2D eigenvalue weighted by atomic mass is 10.0. The number of rotatable bonds is 9. The molecule has 6 nitrogen and oxygen atoms in total. The van der Waals surface area contributed by atoms with Crippen molar-refractivity contribution in [2.75, 3.05) is 11.9 Å². The number of aromatic nitrogens is 2. The molecule has 0 atom stereocenters. The highest BCUT2D eigenvalue weighted by Gasteiger charge is 2.22. The second-order valence-corrected chi connectivity index (χ2v) is 11.0. The van der Waals surface area contributed by atoms with Crippen molar-refractivity contribution >= 4 is 15.8 Å². The summed E-state index contributed by atoms with van der Waals surface area (Å²) in [5.41, 5.74) is 5.64. The van der Waals surface area contributed by atoms with Crippen LogP contribution in [-0.2, 0) is 22.9 Å². The maximum atomic E-state index is 12.6. The van der Waals surface area contributed by atoms with Crippen molar-refractivity contribution in [3.63, 3.8) is 0 Å². The minimum absolute atomic E-state index is 0.0720. The average Bonchev–Trinajstić information content (AvgIpc) is 3.30. The van der Waals surface area contributed by atoms with Gasteiger partial charge in [-0.1, -0.05) is 54.8 Å². The third-order valence-electron chi connectivity index (χ3n) is 6.44. The van der Waals surface area contributed by atoms with Gasteiger partial charge in [0, 0.05) is 30.3 Å². The molecule has 0 saturated heterocycles. The van der Waals surface area contributed by atoms with Crippen LogP contribution in [0.25, 0.3) is 0 Å². The van der Waals surface area contributed by atoms with E-state index >= 15 is 0 Å². The zero-order valence-electron chi connectivity index (χ0n) is 20.3. The molecule has 34 heavy (non-hydrogen) atoms. The quantitative estimate of drug-likeness (QED) is 0.458. The maximum absolute atomic E-state index is 12.6. The number of benzene rings is 2. The summed E-state index contributed by atoms with van der Waals surface area (Å²) in [7, 11) is -3.45. The monoisotopic (exact) mass is 478 g/mol. The van der Waals surface area contributed by atoms with Gasteiger partial charge in [0.15, 0.2) is 0 Å². The van der Waals surface area contributed by atoms with Crippen LogP contribution in [0.3, 0.4) is 0 Å². The largest absolute Gasteiger partial charge is 0.369 e. The van der Waals surface area contributed by atoms with Crippen molar-refractivity contribution in [1.29, 1.82) is 0 Å². The molecule has 2 aromatic carbocycles. The lowest BCUT2D eigenvalue weighted by Gasteiger charge is -2.15. The maximum Gasteiger partial charge on any atom is 0.240 e. The Bertz CT molecular complexity index is 1220. The lowest BCUT2D eigenvalue weighted by molar-refractivity contribution is 0.552. The van der Waals surface area contributed by atoms with E-state index in [9.17, 15) is 8.42 Å². The highest BCUT2D eigenvalue weighted by atomic mass is 32.2. The smallest absolute Gasteiger partial charge is 0.240 e. The van der Waals surface area contributed by atoms with Crippen LogP contribution in [0, 0.1) is 20.8 Å². The minimum atomic E-state index is -3.45. The van der Waals surface area contributed by atoms with Gasteiger partial charge in [0.25, 0.3) is 0 Å². The van der Waals surface area contributed by atoms with Crippen molar-refractivity contribution in [1.82, 2.24) is 14.7 Å². The van der Waals surface area contributed by atoms with Crippen molar-refractivity contribution in [3.8, 4) is 0 Å². The third-order valence-corrected chi connectivity index (χ3v) is 7.98. The summed E-state index contributed by atoms with van der Waals surface area (Å²) in [6.07, 6.45) is 5.58. The molecule has 0 aliphatic heterocycles. The molecule has 1 saturated carbocycles. The van der Waals surface area contributed by atoms with Crippen LogP contribution < -0.4 is 10.0 Å². The molecule has 2 N–H and O–H groups in total. The predicted molar refractivity (Wildman–Crippen MR) is 137 cm³/mol. The summed E-state index contributed by atoms with van der Waals surface area (Å²) in [6.45, 7) is 6.73. The molecule has 1 aliphatic rings. The average molecular weight is 479 g/mol. The van der Waals surface area contributed by atoms with E-state index in [-0.39, 0.29) is 6.04 Å². The van der Waals surface area contributed by atoms with Crippen LogP contribution in [0.15, 0.2) is 53.4 Å². The molecule has 4 rings (SSSR count). The van der Waals surface area contributed by atoms with Gasteiger partial charge in [-0.25, -0.2) is 23.1 Å². The van der Waals surface area contributed by atoms with Gasteiger partial charge < -0.3 is 5.32 Å². The number of sulfonamides is 1. The second kappa shape index (κ2) is 10.7. The van der Waals surface area contributed by atoms with Crippen LogP contribution in [0.1, 0.15) is 59.5 Å². The first-order chi connectivity index (χ1) is 16.3. The Hall–Kier alpha value is -2.77. The van der Waals surface area contributed by atoms with Gasteiger partial charge in [-0.2, -0.15) is 0 Å². The highest BCUT2D eigenvalue weighted by Crippen LogP contribution is 2.22. The molecule has 0 unspecified atom stereocenters. The molecule has 0 radical (unpaired) electrons. The molecular formula is C27H34N4O2S. The van der Waals surface area contributed by atoms with Crippen molar-refractivity contribution < 1.29 is 8.42 Å². The fourth-order valence-corrected chi connectivity index (χ4v) is 5.80. The number of hydrogen-bond donors (Lipinski definition) is 2. The van der Waals surface area contributed by atoms with Crippen molar-refractivity contribution in [3.05, 3.63) is 82.3 Å². The fraction of sp³-hybridized carbons (Fsp3) is 0.407. The van der Waals surface area contributed by atoms with E-state index in [0.717, 1.165) is 67.0 Å². The molecular weight excluding hydrogens is 444 g/mol. The number of nitrogens with one attached hydrogen (secondary N) is 2. The summed E-state index contributed by atoms with van der Waals surface area (Å²) in [6, 6.07) is 15.8. The number of aryl methyl sites for hydroxylation is 3. The SMILES string of the molecule is Cc1ccc(Cc2c(C)nc(C)nc2NCCc2ccc(S(=O)(=O)NC3CCCC3)cc2)cc1. The van der Waals surface area contributed by atoms with Gasteiger partial charge in [0.2, 0.25) is 10.0 Å². The van der Waals surface area contributed by atoms with Crippen molar-refractivity contribution in [2.45, 2.75) is 70.2 Å². The molecule has 1 aliphatic carbocycles. The number of hydrogen-bond acceptors (Lipinski definition) is 5. The molecule has 1 aromatic heterocycles. The summed E-state index contributed by atoms with van der Waals surface area (Å²) in [4.78, 5) is 9.57. The van der Waals surface area contributed by atoms with Gasteiger partial charge in [0.1, 0.15) is 11.6 Å². The lowest BCUT2D eigenvalue weighted by Crippen LogP contribution is -2.32. The fourth-order valence-electron chi connectivity index (χ4n) is 4.50. The second-order valence-electron chi connectivity index (χ2n) is 9.27. The van der Waals surface area contributed by atoms with Crippen LogP contribution in [0.5, 0.6) is 0 Å². The van der Waals surface area contributed by atoms with E-state index in [2.05, 4.69) is 51.2 Å². The Balaban J connectivity index is 1.39. The summed E-state index contributed by atoms with van der Waals surface area (Å²) in [5.74, 6) is 1.61. The first-order valence-corrected chi connectivity index (χ1v) is 13.5. The van der Waals surface area contributed by atoms with Crippen LogP contribution in [0.4, 0.5) is 5.82 Å². The standard InChI is InChI=1S/C27H34N4O2S/c1-19-8-10-23(11-9-19)18-26-20(2)29-21(3)30-27(26)28-17-16-22-12-14-25(15-13-22)34(32,33)31-24-6-4-5-7-24/h8-15,24,31H,4-7,16-18H2,1-3H3,(H,28,29,30). The van der Waals surface area contributed by atoms with Crippen LogP contribution in [0.2, 0.25) is 0 Å². The molecule has 3 aromatic rings. The topological polar surface area (TPSA) is 84.0 Å². The first-order valence-electron chi connectivity index (χ1n) is 12.0. The predicted octanol–water partition coefficient (Wildman–Crippen LogP) is 4.87. The number of anilines is 1. The van der Waals surface area contributed by atoms with Gasteiger partial charge in [-0.15, -0.1) is 0 Å². The zero-order chi connectivity index (χ0) is 24.1. The van der Waals surface area contributed by atoms with Crippen LogP contribution in [-0.4, -0.2) is 31.0 Å². The highest BCUT2D eigenvalue weighted by molar-refractivity contribution is 7.89. The molecule has 0 amide bonds. The minimum Gasteiger partial charge on any atom is -0.369 e. The Morgan fingerprint density at radius 1 is 0.882 bits per heavy atom. The molecule has 1 heterocycles. The molecule has 0 spiro atoms. The van der Waals surface area contributed by atoms with Gasteiger partial charge in [0.05, 0.1) is 4.90 Å². The van der Waals surface area contributed by atoms with E-state index in [1.54, 1.807) is 12.1 Å². The summed E-state index contributed by atoms with van der Waals surface area (Å²) >= 11 is 0. The van der Waals surface area contributed by atoms with E-state index in [1.807, 2.05) is 26.0 Å². The summed E-state index contributed by atoms with van der Waals surface area (Å²) in [5, 5.41) is 3.49. The Labute approximate surface area is 203 Å². The first kappa shape index (κ1) is 24.4. The van der Waals surface area contributed by atoms with E-state index < -0.39 is 10.0 Å². The van der Waals surface area contributed by atoms with Gasteiger partial charge >= 0.3 is 0 Å². The molecule has 0 bridgehead atoms. The normalized spacial score (nSPS) is 14.4. The van der Waals surface area contributed by atoms with Crippen molar-refractivity contribution in [2.24, 2.45) is 0 Å². The van der Waals surface area contributed by atoms with E-state index in [1.165, 1.54) is 11.1 Å². The Morgan fingerprint density at radius 2 is 1.53 bits per heavy atom. The molecule has 7 heteroatoms. The van der Waals surface area contributed by atoms with Crippen LogP contribution >= 0.6 is 0 Å². The Morgan fingerprint density at radius 3 is 2.21 bits per heavy atom. The molecule has 1 fully saturated rings.